The molecule has 0 saturated heterocycles. The van der Waals surface area contributed by atoms with Crippen molar-refractivity contribution in [1.82, 2.24) is 4.90 Å². The van der Waals surface area contributed by atoms with Crippen molar-refractivity contribution < 1.29 is 9.53 Å². The fourth-order valence-corrected chi connectivity index (χ4v) is 2.91. The number of hydrogen-bond acceptors (Lipinski definition) is 3. The van der Waals surface area contributed by atoms with Crippen LogP contribution in [0.4, 0.5) is 0 Å². The number of para-hydroxylation sites is 1. The normalized spacial score (nSPS) is 14.4. The van der Waals surface area contributed by atoms with Gasteiger partial charge in [0.25, 0.3) is 0 Å². The van der Waals surface area contributed by atoms with Crippen molar-refractivity contribution in [3.8, 4) is 5.75 Å². The number of benzene rings is 2. The van der Waals surface area contributed by atoms with Gasteiger partial charge in [0.1, 0.15) is 12.4 Å². The quantitative estimate of drug-likeness (QED) is 0.792. The van der Waals surface area contributed by atoms with Gasteiger partial charge < -0.3 is 4.74 Å². The summed E-state index contributed by atoms with van der Waals surface area (Å²) in [6.45, 7) is 5.10. The van der Waals surface area contributed by atoms with Crippen LogP contribution in [0.1, 0.15) is 28.4 Å². The van der Waals surface area contributed by atoms with E-state index in [1.165, 1.54) is 11.1 Å². The Morgan fingerprint density at radius 1 is 1.09 bits per heavy atom. The molecule has 2 aromatic carbocycles. The van der Waals surface area contributed by atoms with Crippen LogP contribution in [0.2, 0.25) is 0 Å². The predicted molar refractivity (Wildman–Crippen MR) is 87.4 cm³/mol. The summed E-state index contributed by atoms with van der Waals surface area (Å²) in [5.74, 6) is 0.731. The number of ketones is 1. The number of hydrogen-bond donors (Lipinski definition) is 0. The molecule has 0 N–H and O–H groups in total. The third-order valence-electron chi connectivity index (χ3n) is 4.14. The number of ether oxygens (including phenoxy) is 1. The van der Waals surface area contributed by atoms with Crippen LogP contribution in [0.15, 0.2) is 48.5 Å². The summed E-state index contributed by atoms with van der Waals surface area (Å²) in [5, 5.41) is 0. The van der Waals surface area contributed by atoms with Crippen molar-refractivity contribution in [1.29, 1.82) is 0 Å². The maximum atomic E-state index is 11.6. The van der Waals surface area contributed by atoms with E-state index in [4.69, 9.17) is 4.74 Å². The van der Waals surface area contributed by atoms with Crippen LogP contribution < -0.4 is 4.74 Å². The van der Waals surface area contributed by atoms with E-state index >= 15 is 0 Å². The van der Waals surface area contributed by atoms with E-state index < -0.39 is 0 Å². The fraction of sp³-hybridized carbons (Fsp3) is 0.316. The van der Waals surface area contributed by atoms with E-state index in [9.17, 15) is 4.79 Å². The smallest absolute Gasteiger partial charge is 0.163 e. The topological polar surface area (TPSA) is 29.5 Å². The SMILES string of the molecule is CC(=O)c1ccccc1OCCN1CCc2ccccc2C1. The van der Waals surface area contributed by atoms with Crippen LogP contribution in [0.3, 0.4) is 0 Å². The first kappa shape index (κ1) is 14.8. The average Bonchev–Trinajstić information content (AvgIpc) is 2.55. The standard InChI is InChI=1S/C19H21NO2/c1-15(21)18-8-4-5-9-19(18)22-13-12-20-11-10-16-6-2-3-7-17(16)14-20/h2-9H,10-14H2,1H3. The lowest BCUT2D eigenvalue weighted by Crippen LogP contribution is -2.33. The van der Waals surface area contributed by atoms with Gasteiger partial charge in [-0.2, -0.15) is 0 Å². The van der Waals surface area contributed by atoms with Crippen molar-refractivity contribution in [2.45, 2.75) is 19.9 Å². The molecule has 0 amide bonds. The van der Waals surface area contributed by atoms with Gasteiger partial charge >= 0.3 is 0 Å². The van der Waals surface area contributed by atoms with E-state index in [0.717, 1.165) is 26.1 Å². The molecule has 0 aromatic heterocycles. The number of nitrogens with zero attached hydrogens (tertiary/aromatic N) is 1. The Balaban J connectivity index is 1.55. The molecule has 1 aliphatic heterocycles. The van der Waals surface area contributed by atoms with E-state index in [0.29, 0.717) is 17.9 Å². The molecule has 0 aliphatic carbocycles. The minimum absolute atomic E-state index is 0.0440. The molecule has 3 nitrogen and oxygen atoms in total. The van der Waals surface area contributed by atoms with Crippen LogP contribution in [-0.2, 0) is 13.0 Å². The Morgan fingerprint density at radius 2 is 1.82 bits per heavy atom. The first-order valence-electron chi connectivity index (χ1n) is 7.76. The third-order valence-corrected chi connectivity index (χ3v) is 4.14. The largest absolute Gasteiger partial charge is 0.491 e. The molecule has 1 aliphatic rings. The van der Waals surface area contributed by atoms with Gasteiger partial charge in [-0.05, 0) is 36.6 Å². The van der Waals surface area contributed by atoms with Crippen LogP contribution in [0.5, 0.6) is 5.75 Å². The maximum absolute atomic E-state index is 11.6. The second-order valence-electron chi connectivity index (χ2n) is 5.70. The molecule has 0 fully saturated rings. The zero-order valence-corrected chi connectivity index (χ0v) is 12.9. The lowest BCUT2D eigenvalue weighted by molar-refractivity contribution is 0.101. The van der Waals surface area contributed by atoms with Crippen LogP contribution >= 0.6 is 0 Å². The summed E-state index contributed by atoms with van der Waals surface area (Å²) < 4.78 is 5.83. The highest BCUT2D eigenvalue weighted by atomic mass is 16.5. The van der Waals surface area contributed by atoms with Crippen molar-refractivity contribution in [3.63, 3.8) is 0 Å². The summed E-state index contributed by atoms with van der Waals surface area (Å²) in [4.78, 5) is 14.0. The second-order valence-corrected chi connectivity index (χ2v) is 5.70. The monoisotopic (exact) mass is 295 g/mol. The Morgan fingerprint density at radius 3 is 2.64 bits per heavy atom. The van der Waals surface area contributed by atoms with E-state index in [-0.39, 0.29) is 5.78 Å². The highest BCUT2D eigenvalue weighted by Gasteiger charge is 2.15. The lowest BCUT2D eigenvalue weighted by Gasteiger charge is -2.28. The Bertz CT molecular complexity index is 666. The molecule has 3 heteroatoms. The van der Waals surface area contributed by atoms with Gasteiger partial charge in [0, 0.05) is 19.6 Å². The number of fused-ring (bicyclic) bond motifs is 1. The van der Waals surface area contributed by atoms with Gasteiger partial charge in [-0.3, -0.25) is 9.69 Å². The van der Waals surface area contributed by atoms with Crippen molar-refractivity contribution in [3.05, 3.63) is 65.2 Å². The number of Topliss-reactive ketones (excluding diaryl/α,β-unsaturated/α-hetero) is 1. The molecule has 0 spiro atoms. The Hall–Kier alpha value is -2.13. The van der Waals surface area contributed by atoms with Crippen molar-refractivity contribution in [2.24, 2.45) is 0 Å². The van der Waals surface area contributed by atoms with Crippen LogP contribution in [0.25, 0.3) is 0 Å². The van der Waals surface area contributed by atoms with Gasteiger partial charge in [-0.1, -0.05) is 36.4 Å². The van der Waals surface area contributed by atoms with Gasteiger partial charge in [0.15, 0.2) is 5.78 Å². The summed E-state index contributed by atoms with van der Waals surface area (Å²) in [6, 6.07) is 16.1. The average molecular weight is 295 g/mol. The van der Waals surface area contributed by atoms with Gasteiger partial charge in [-0.25, -0.2) is 0 Å². The summed E-state index contributed by atoms with van der Waals surface area (Å²) >= 11 is 0. The fourth-order valence-electron chi connectivity index (χ4n) is 2.91. The van der Waals surface area contributed by atoms with E-state index in [1.54, 1.807) is 6.92 Å². The molecule has 114 valence electrons. The number of carbonyl (C=O) groups excluding carboxylic acids is 1. The molecule has 22 heavy (non-hydrogen) atoms. The Labute approximate surface area is 131 Å². The summed E-state index contributed by atoms with van der Waals surface area (Å²) in [7, 11) is 0. The predicted octanol–water partition coefficient (Wildman–Crippen LogP) is 3.33. The van der Waals surface area contributed by atoms with Gasteiger partial charge in [0.2, 0.25) is 0 Å². The summed E-state index contributed by atoms with van der Waals surface area (Å²) in [6.07, 6.45) is 1.10. The van der Waals surface area contributed by atoms with E-state index in [2.05, 4.69) is 29.2 Å². The molecule has 3 rings (SSSR count). The lowest BCUT2D eigenvalue weighted by atomic mass is 10.0. The minimum Gasteiger partial charge on any atom is -0.491 e. The number of carbonyl (C=O) groups is 1. The molecule has 0 unspecified atom stereocenters. The minimum atomic E-state index is 0.0440. The third kappa shape index (κ3) is 3.37. The first-order chi connectivity index (χ1) is 10.7. The Kier molecular flexibility index (Phi) is 4.54. The maximum Gasteiger partial charge on any atom is 0.163 e. The highest BCUT2D eigenvalue weighted by Crippen LogP contribution is 2.20. The zero-order valence-electron chi connectivity index (χ0n) is 12.9. The highest BCUT2D eigenvalue weighted by molar-refractivity contribution is 5.96. The molecular weight excluding hydrogens is 274 g/mol. The molecule has 0 saturated carbocycles. The van der Waals surface area contributed by atoms with Crippen molar-refractivity contribution in [2.75, 3.05) is 19.7 Å². The van der Waals surface area contributed by atoms with Crippen LogP contribution in [0, 0.1) is 0 Å². The van der Waals surface area contributed by atoms with Crippen molar-refractivity contribution >= 4 is 5.78 Å². The molecule has 0 radical (unpaired) electrons. The van der Waals surface area contributed by atoms with Gasteiger partial charge in [0.05, 0.1) is 5.56 Å². The zero-order chi connectivity index (χ0) is 15.4. The first-order valence-corrected chi connectivity index (χ1v) is 7.76. The molecule has 1 heterocycles. The second kappa shape index (κ2) is 6.75. The number of rotatable bonds is 5. The molecular formula is C19H21NO2. The van der Waals surface area contributed by atoms with Gasteiger partial charge in [-0.15, -0.1) is 0 Å². The van der Waals surface area contributed by atoms with Crippen LogP contribution in [-0.4, -0.2) is 30.4 Å². The molecule has 2 aromatic rings. The molecule has 0 atom stereocenters. The molecule has 0 bridgehead atoms. The summed E-state index contributed by atoms with van der Waals surface area (Å²) in [5.41, 5.74) is 3.53. The van der Waals surface area contributed by atoms with E-state index in [1.807, 2.05) is 24.3 Å².